The highest BCUT2D eigenvalue weighted by Gasteiger charge is 2.24. The Morgan fingerprint density at radius 2 is 1.84 bits per heavy atom. The summed E-state index contributed by atoms with van der Waals surface area (Å²) in [6.07, 6.45) is 5.04. The van der Waals surface area contributed by atoms with Gasteiger partial charge in [0.1, 0.15) is 0 Å². The molecule has 112 valence electrons. The first-order chi connectivity index (χ1) is 9.15. The maximum atomic E-state index is 10.2. The van der Waals surface area contributed by atoms with Crippen LogP contribution in [-0.4, -0.2) is 73.5 Å². The Balaban J connectivity index is 1.67. The topological polar surface area (TPSA) is 35.9 Å². The monoisotopic (exact) mass is 270 g/mol. The van der Waals surface area contributed by atoms with Gasteiger partial charge in [-0.05, 0) is 38.6 Å². The summed E-state index contributed by atoms with van der Waals surface area (Å²) in [6.45, 7) is 7.48. The standard InChI is InChI=1S/C15H30N2O2/c1-13-3-5-14(6-4-13)16(2)11-15(18)12-17-7-9-19-10-8-17/h13-15,18H,3-12H2,1-2H3. The van der Waals surface area contributed by atoms with E-state index in [-0.39, 0.29) is 6.10 Å². The molecule has 1 saturated heterocycles. The van der Waals surface area contributed by atoms with Crippen molar-refractivity contribution in [2.45, 2.75) is 44.8 Å². The lowest BCUT2D eigenvalue weighted by molar-refractivity contribution is 0.00384. The Morgan fingerprint density at radius 3 is 2.47 bits per heavy atom. The zero-order chi connectivity index (χ0) is 13.7. The highest BCUT2D eigenvalue weighted by atomic mass is 16.5. The van der Waals surface area contributed by atoms with Gasteiger partial charge in [-0.3, -0.25) is 4.90 Å². The number of likely N-dealkylation sites (N-methyl/N-ethyl adjacent to an activating group) is 1. The molecule has 19 heavy (non-hydrogen) atoms. The van der Waals surface area contributed by atoms with Gasteiger partial charge in [0, 0.05) is 32.2 Å². The normalized spacial score (nSPS) is 31.6. The van der Waals surface area contributed by atoms with E-state index in [4.69, 9.17) is 4.74 Å². The van der Waals surface area contributed by atoms with Crippen LogP contribution in [0.5, 0.6) is 0 Å². The van der Waals surface area contributed by atoms with Crippen molar-refractivity contribution in [2.75, 3.05) is 46.4 Å². The van der Waals surface area contributed by atoms with Crippen LogP contribution in [0.15, 0.2) is 0 Å². The molecule has 1 atom stereocenters. The van der Waals surface area contributed by atoms with E-state index in [1.165, 1.54) is 25.7 Å². The van der Waals surface area contributed by atoms with Crippen molar-refractivity contribution < 1.29 is 9.84 Å². The van der Waals surface area contributed by atoms with Gasteiger partial charge in [0.25, 0.3) is 0 Å². The van der Waals surface area contributed by atoms with Crippen LogP contribution in [0.1, 0.15) is 32.6 Å². The summed E-state index contributed by atoms with van der Waals surface area (Å²) in [7, 11) is 2.17. The molecule has 0 aromatic heterocycles. The molecule has 0 radical (unpaired) electrons. The zero-order valence-corrected chi connectivity index (χ0v) is 12.6. The van der Waals surface area contributed by atoms with Gasteiger partial charge in [0.2, 0.25) is 0 Å². The number of nitrogens with zero attached hydrogens (tertiary/aromatic N) is 2. The predicted octanol–water partition coefficient (Wildman–Crippen LogP) is 1.19. The predicted molar refractivity (Wildman–Crippen MR) is 77.3 cm³/mol. The Bertz CT molecular complexity index is 249. The molecule has 2 aliphatic rings. The molecule has 4 heteroatoms. The summed E-state index contributed by atoms with van der Waals surface area (Å²) < 4.78 is 5.33. The lowest BCUT2D eigenvalue weighted by Crippen LogP contribution is -2.46. The first-order valence-electron chi connectivity index (χ1n) is 7.83. The molecule has 0 bridgehead atoms. The smallest absolute Gasteiger partial charge is 0.0793 e. The van der Waals surface area contributed by atoms with Crippen LogP contribution in [-0.2, 0) is 4.74 Å². The molecular weight excluding hydrogens is 240 g/mol. The van der Waals surface area contributed by atoms with Crippen molar-refractivity contribution in [3.05, 3.63) is 0 Å². The number of morpholine rings is 1. The molecule has 1 heterocycles. The molecule has 1 unspecified atom stereocenters. The van der Waals surface area contributed by atoms with E-state index in [9.17, 15) is 5.11 Å². The second-order valence-electron chi connectivity index (χ2n) is 6.42. The van der Waals surface area contributed by atoms with E-state index in [0.29, 0.717) is 6.04 Å². The number of rotatable bonds is 5. The summed E-state index contributed by atoms with van der Waals surface area (Å²) in [6, 6.07) is 0.676. The van der Waals surface area contributed by atoms with Crippen LogP contribution in [0.4, 0.5) is 0 Å². The van der Waals surface area contributed by atoms with E-state index in [1.807, 2.05) is 0 Å². The SMILES string of the molecule is CC1CCC(N(C)CC(O)CN2CCOCC2)CC1. The van der Waals surface area contributed by atoms with Crippen LogP contribution >= 0.6 is 0 Å². The molecule has 2 rings (SSSR count). The molecule has 1 aliphatic carbocycles. The minimum absolute atomic E-state index is 0.234. The summed E-state index contributed by atoms with van der Waals surface area (Å²) in [5.74, 6) is 0.892. The summed E-state index contributed by atoms with van der Waals surface area (Å²) in [4.78, 5) is 4.68. The highest BCUT2D eigenvalue weighted by Crippen LogP contribution is 2.26. The molecule has 0 aromatic rings. The molecule has 2 fully saturated rings. The minimum Gasteiger partial charge on any atom is -0.390 e. The second kappa shape index (κ2) is 7.58. The van der Waals surface area contributed by atoms with Gasteiger partial charge in [0.05, 0.1) is 19.3 Å². The molecule has 1 aliphatic heterocycles. The van der Waals surface area contributed by atoms with Gasteiger partial charge in [-0.25, -0.2) is 0 Å². The van der Waals surface area contributed by atoms with Gasteiger partial charge in [-0.1, -0.05) is 6.92 Å². The Kier molecular flexibility index (Phi) is 6.07. The van der Waals surface area contributed by atoms with Crippen molar-refractivity contribution in [2.24, 2.45) is 5.92 Å². The average molecular weight is 270 g/mol. The number of aliphatic hydroxyl groups excluding tert-OH is 1. The van der Waals surface area contributed by atoms with E-state index >= 15 is 0 Å². The number of β-amino-alcohol motifs (C(OH)–C–C–N with tert-alkyl or cyclic N) is 1. The van der Waals surface area contributed by atoms with Crippen LogP contribution < -0.4 is 0 Å². The van der Waals surface area contributed by atoms with Crippen molar-refractivity contribution in [3.63, 3.8) is 0 Å². The summed E-state index contributed by atoms with van der Waals surface area (Å²) in [5, 5.41) is 10.2. The van der Waals surface area contributed by atoms with E-state index < -0.39 is 0 Å². The van der Waals surface area contributed by atoms with Crippen molar-refractivity contribution in [1.29, 1.82) is 0 Å². The average Bonchev–Trinajstić information content (AvgIpc) is 2.40. The van der Waals surface area contributed by atoms with Crippen molar-refractivity contribution in [1.82, 2.24) is 9.80 Å². The fourth-order valence-corrected chi connectivity index (χ4v) is 3.30. The van der Waals surface area contributed by atoms with Crippen LogP contribution in [0.25, 0.3) is 0 Å². The molecule has 0 spiro atoms. The fraction of sp³-hybridized carbons (Fsp3) is 1.00. The highest BCUT2D eigenvalue weighted by molar-refractivity contribution is 4.79. The molecular formula is C15H30N2O2. The maximum Gasteiger partial charge on any atom is 0.0793 e. The van der Waals surface area contributed by atoms with Gasteiger partial charge in [-0.15, -0.1) is 0 Å². The third-order valence-electron chi connectivity index (χ3n) is 4.68. The van der Waals surface area contributed by atoms with E-state index in [0.717, 1.165) is 45.3 Å². The third-order valence-corrected chi connectivity index (χ3v) is 4.68. The van der Waals surface area contributed by atoms with E-state index in [1.54, 1.807) is 0 Å². The number of ether oxygens (including phenoxy) is 1. The van der Waals surface area contributed by atoms with Crippen LogP contribution in [0.3, 0.4) is 0 Å². The Hall–Kier alpha value is -0.160. The number of hydrogen-bond acceptors (Lipinski definition) is 4. The van der Waals surface area contributed by atoms with Gasteiger partial charge < -0.3 is 14.7 Å². The third kappa shape index (κ3) is 5.03. The fourth-order valence-electron chi connectivity index (χ4n) is 3.30. The minimum atomic E-state index is -0.234. The molecule has 0 aromatic carbocycles. The zero-order valence-electron chi connectivity index (χ0n) is 12.6. The number of aliphatic hydroxyl groups is 1. The van der Waals surface area contributed by atoms with Crippen LogP contribution in [0.2, 0.25) is 0 Å². The lowest BCUT2D eigenvalue weighted by Gasteiger charge is -2.36. The lowest BCUT2D eigenvalue weighted by atomic mass is 9.86. The molecule has 1 N–H and O–H groups in total. The Labute approximate surface area is 117 Å². The van der Waals surface area contributed by atoms with Gasteiger partial charge >= 0.3 is 0 Å². The quantitative estimate of drug-likeness (QED) is 0.814. The molecule has 1 saturated carbocycles. The first-order valence-corrected chi connectivity index (χ1v) is 7.83. The summed E-state index contributed by atoms with van der Waals surface area (Å²) >= 11 is 0. The second-order valence-corrected chi connectivity index (χ2v) is 6.42. The number of hydrogen-bond donors (Lipinski definition) is 1. The largest absolute Gasteiger partial charge is 0.390 e. The van der Waals surface area contributed by atoms with E-state index in [2.05, 4.69) is 23.8 Å². The van der Waals surface area contributed by atoms with Crippen molar-refractivity contribution in [3.8, 4) is 0 Å². The van der Waals surface area contributed by atoms with Gasteiger partial charge in [-0.2, -0.15) is 0 Å². The molecule has 4 nitrogen and oxygen atoms in total. The van der Waals surface area contributed by atoms with Crippen LogP contribution in [0, 0.1) is 5.92 Å². The summed E-state index contributed by atoms with van der Waals surface area (Å²) in [5.41, 5.74) is 0. The first kappa shape index (κ1) is 15.2. The maximum absolute atomic E-state index is 10.2. The van der Waals surface area contributed by atoms with Crippen molar-refractivity contribution >= 4 is 0 Å². The Morgan fingerprint density at radius 1 is 1.21 bits per heavy atom. The molecule has 0 amide bonds. The van der Waals surface area contributed by atoms with Gasteiger partial charge in [0.15, 0.2) is 0 Å².